The van der Waals surface area contributed by atoms with Crippen molar-refractivity contribution in [1.29, 1.82) is 0 Å². The quantitative estimate of drug-likeness (QED) is 0.774. The molecule has 1 aliphatic heterocycles. The fourth-order valence-electron chi connectivity index (χ4n) is 1.87. The van der Waals surface area contributed by atoms with E-state index >= 15 is 0 Å². The lowest BCUT2D eigenvalue weighted by Gasteiger charge is -2.22. The molecule has 17 heavy (non-hydrogen) atoms. The molecule has 1 unspecified atom stereocenters. The highest BCUT2D eigenvalue weighted by atomic mass is 16.5. The number of amides is 1. The van der Waals surface area contributed by atoms with Crippen molar-refractivity contribution in [2.75, 3.05) is 19.7 Å². The molecule has 1 saturated heterocycles. The zero-order valence-corrected chi connectivity index (χ0v) is 10.3. The number of nitrogens with zero attached hydrogens (tertiary/aromatic N) is 1. The molecule has 1 amide bonds. The molecule has 0 aromatic carbocycles. The molecule has 1 atom stereocenters. The van der Waals surface area contributed by atoms with Gasteiger partial charge in [0, 0.05) is 31.5 Å². The zero-order valence-electron chi connectivity index (χ0n) is 10.3. The first-order valence-corrected chi connectivity index (χ1v) is 5.89. The van der Waals surface area contributed by atoms with Crippen LogP contribution in [0.15, 0.2) is 12.1 Å². The summed E-state index contributed by atoms with van der Waals surface area (Å²) in [6.45, 7) is 4.60. The summed E-state index contributed by atoms with van der Waals surface area (Å²) in [5.41, 5.74) is 2.28. The van der Waals surface area contributed by atoms with Crippen molar-refractivity contribution >= 4 is 5.91 Å². The smallest absolute Gasteiger partial charge is 0.250 e. The maximum atomic E-state index is 11.8. The lowest BCUT2D eigenvalue weighted by Crippen LogP contribution is -2.47. The Kier molecular flexibility index (Phi) is 3.81. The molecular weight excluding hydrogens is 218 g/mol. The van der Waals surface area contributed by atoms with Crippen LogP contribution in [0.25, 0.3) is 0 Å². The van der Waals surface area contributed by atoms with Crippen molar-refractivity contribution in [3.8, 4) is 0 Å². The Morgan fingerprint density at radius 2 is 2.47 bits per heavy atom. The molecule has 0 saturated carbocycles. The first kappa shape index (κ1) is 12.1. The van der Waals surface area contributed by atoms with Crippen molar-refractivity contribution in [2.24, 2.45) is 7.05 Å². The lowest BCUT2D eigenvalue weighted by molar-refractivity contribution is -0.134. The normalized spacial score (nSPS) is 20.2. The van der Waals surface area contributed by atoms with Crippen LogP contribution in [0, 0.1) is 6.92 Å². The van der Waals surface area contributed by atoms with Crippen LogP contribution in [-0.2, 0) is 23.1 Å². The van der Waals surface area contributed by atoms with Gasteiger partial charge in [0.15, 0.2) is 0 Å². The van der Waals surface area contributed by atoms with Crippen LogP contribution in [-0.4, -0.2) is 36.3 Å². The predicted molar refractivity (Wildman–Crippen MR) is 64.6 cm³/mol. The molecule has 2 heterocycles. The molecule has 0 bridgehead atoms. The molecule has 2 N–H and O–H groups in total. The topological polar surface area (TPSA) is 55.3 Å². The third-order valence-electron chi connectivity index (χ3n) is 3.14. The van der Waals surface area contributed by atoms with Gasteiger partial charge in [-0.1, -0.05) is 0 Å². The molecule has 5 nitrogen and oxygen atoms in total. The van der Waals surface area contributed by atoms with Crippen LogP contribution in [0.4, 0.5) is 0 Å². The molecule has 0 spiro atoms. The lowest BCUT2D eigenvalue weighted by atomic mass is 10.3. The van der Waals surface area contributed by atoms with E-state index in [0.29, 0.717) is 19.7 Å². The van der Waals surface area contributed by atoms with Crippen LogP contribution in [0.2, 0.25) is 0 Å². The van der Waals surface area contributed by atoms with Gasteiger partial charge in [-0.15, -0.1) is 0 Å². The Hall–Kier alpha value is -1.33. The van der Waals surface area contributed by atoms with E-state index in [9.17, 15) is 4.79 Å². The largest absolute Gasteiger partial charge is 0.366 e. The molecule has 1 fully saturated rings. The minimum Gasteiger partial charge on any atom is -0.366 e. The Balaban J connectivity index is 1.85. The van der Waals surface area contributed by atoms with E-state index in [4.69, 9.17) is 4.74 Å². The van der Waals surface area contributed by atoms with Gasteiger partial charge < -0.3 is 19.9 Å². The Bertz CT molecular complexity index is 394. The minimum absolute atomic E-state index is 0.0453. The number of nitrogens with one attached hydrogen (secondary N) is 2. The number of hydrogen-bond acceptors (Lipinski definition) is 3. The number of aryl methyl sites for hydroxylation is 1. The van der Waals surface area contributed by atoms with Gasteiger partial charge in [-0.05, 0) is 19.1 Å². The van der Waals surface area contributed by atoms with Crippen LogP contribution in [0.3, 0.4) is 0 Å². The van der Waals surface area contributed by atoms with E-state index in [0.717, 1.165) is 12.2 Å². The fraction of sp³-hybridized carbons (Fsp3) is 0.583. The standard InChI is InChI=1S/C12H19N3O2/c1-9-3-4-10(15(9)2)7-14-12(16)11-8-13-5-6-17-11/h3-4,11,13H,5-8H2,1-2H3,(H,14,16). The summed E-state index contributed by atoms with van der Waals surface area (Å²) in [6, 6.07) is 4.07. The first-order valence-electron chi connectivity index (χ1n) is 5.89. The number of carbonyl (C=O) groups excluding carboxylic acids is 1. The molecule has 1 aromatic heterocycles. The van der Waals surface area contributed by atoms with E-state index in [1.807, 2.05) is 26.1 Å². The summed E-state index contributed by atoms with van der Waals surface area (Å²) in [5.74, 6) is -0.0453. The average Bonchev–Trinajstić information content (AvgIpc) is 2.68. The zero-order chi connectivity index (χ0) is 12.3. The van der Waals surface area contributed by atoms with Gasteiger partial charge in [0.2, 0.25) is 0 Å². The van der Waals surface area contributed by atoms with Gasteiger partial charge in [0.1, 0.15) is 6.10 Å². The van der Waals surface area contributed by atoms with Crippen LogP contribution in [0.5, 0.6) is 0 Å². The summed E-state index contributed by atoms with van der Waals surface area (Å²) >= 11 is 0. The fourth-order valence-corrected chi connectivity index (χ4v) is 1.87. The Morgan fingerprint density at radius 1 is 1.65 bits per heavy atom. The van der Waals surface area contributed by atoms with Crippen molar-refractivity contribution in [3.05, 3.63) is 23.5 Å². The maximum absolute atomic E-state index is 11.8. The van der Waals surface area contributed by atoms with Crippen LogP contribution < -0.4 is 10.6 Å². The van der Waals surface area contributed by atoms with E-state index in [-0.39, 0.29) is 12.0 Å². The highest BCUT2D eigenvalue weighted by Gasteiger charge is 2.21. The minimum atomic E-state index is -0.356. The van der Waals surface area contributed by atoms with Gasteiger partial charge in [-0.3, -0.25) is 4.79 Å². The molecule has 5 heteroatoms. The van der Waals surface area contributed by atoms with Crippen LogP contribution in [0.1, 0.15) is 11.4 Å². The molecule has 2 rings (SSSR count). The molecule has 1 aliphatic rings. The third-order valence-corrected chi connectivity index (χ3v) is 3.14. The Morgan fingerprint density at radius 3 is 3.06 bits per heavy atom. The van der Waals surface area contributed by atoms with Gasteiger partial charge >= 0.3 is 0 Å². The van der Waals surface area contributed by atoms with Gasteiger partial charge in [0.25, 0.3) is 5.91 Å². The predicted octanol–water partition coefficient (Wildman–Crippen LogP) is -0.0619. The molecule has 94 valence electrons. The first-order chi connectivity index (χ1) is 8.18. The van der Waals surface area contributed by atoms with Crippen molar-refractivity contribution in [1.82, 2.24) is 15.2 Å². The highest BCUT2D eigenvalue weighted by molar-refractivity contribution is 5.81. The summed E-state index contributed by atoms with van der Waals surface area (Å²) in [4.78, 5) is 11.8. The second-order valence-corrected chi connectivity index (χ2v) is 4.31. The van der Waals surface area contributed by atoms with E-state index < -0.39 is 0 Å². The number of aromatic nitrogens is 1. The van der Waals surface area contributed by atoms with E-state index in [1.54, 1.807) is 0 Å². The Labute approximate surface area is 101 Å². The monoisotopic (exact) mass is 237 g/mol. The number of morpholine rings is 1. The van der Waals surface area contributed by atoms with Crippen molar-refractivity contribution in [3.63, 3.8) is 0 Å². The second kappa shape index (κ2) is 5.33. The molecule has 0 radical (unpaired) electrons. The number of ether oxygens (including phenoxy) is 1. The summed E-state index contributed by atoms with van der Waals surface area (Å²) in [5, 5.41) is 6.04. The average molecular weight is 237 g/mol. The third kappa shape index (κ3) is 2.87. The molecule has 0 aliphatic carbocycles. The maximum Gasteiger partial charge on any atom is 0.250 e. The summed E-state index contributed by atoms with van der Waals surface area (Å²) in [7, 11) is 2.00. The second-order valence-electron chi connectivity index (χ2n) is 4.31. The van der Waals surface area contributed by atoms with Crippen molar-refractivity contribution < 1.29 is 9.53 Å². The molecular formula is C12H19N3O2. The van der Waals surface area contributed by atoms with Gasteiger partial charge in [-0.25, -0.2) is 0 Å². The number of carbonyl (C=O) groups is 1. The van der Waals surface area contributed by atoms with E-state index in [2.05, 4.69) is 15.2 Å². The molecule has 1 aromatic rings. The SMILES string of the molecule is Cc1ccc(CNC(=O)C2CNCCO2)n1C. The van der Waals surface area contributed by atoms with Crippen LogP contribution >= 0.6 is 0 Å². The highest BCUT2D eigenvalue weighted by Crippen LogP contribution is 2.05. The van der Waals surface area contributed by atoms with Gasteiger partial charge in [-0.2, -0.15) is 0 Å². The number of rotatable bonds is 3. The summed E-state index contributed by atoms with van der Waals surface area (Å²) in [6.07, 6.45) is -0.356. The van der Waals surface area contributed by atoms with Crippen molar-refractivity contribution in [2.45, 2.75) is 19.6 Å². The van der Waals surface area contributed by atoms with Gasteiger partial charge in [0.05, 0.1) is 13.2 Å². The number of hydrogen-bond donors (Lipinski definition) is 2. The van der Waals surface area contributed by atoms with E-state index in [1.165, 1.54) is 5.69 Å². The summed E-state index contributed by atoms with van der Waals surface area (Å²) < 4.78 is 7.45.